The van der Waals surface area contributed by atoms with Crippen molar-refractivity contribution in [3.8, 4) is 0 Å². The van der Waals surface area contributed by atoms with E-state index in [1.165, 1.54) is 0 Å². The number of hydrogen-bond donors (Lipinski definition) is 1. The molecular formula is C30H26Br2O2. The van der Waals surface area contributed by atoms with Gasteiger partial charge in [0.05, 0.1) is 5.92 Å². The molecule has 4 aromatic rings. The van der Waals surface area contributed by atoms with Crippen LogP contribution in [0.4, 0.5) is 0 Å². The van der Waals surface area contributed by atoms with Gasteiger partial charge in [-0.05, 0) is 41.0 Å². The number of carbonyl (C=O) groups is 1. The highest BCUT2D eigenvalue weighted by molar-refractivity contribution is 9.10. The summed E-state index contributed by atoms with van der Waals surface area (Å²) in [6.07, 6.45) is 0. The molecule has 34 heavy (non-hydrogen) atoms. The summed E-state index contributed by atoms with van der Waals surface area (Å²) in [6.45, 7) is 4.01. The maximum absolute atomic E-state index is 14.3. The summed E-state index contributed by atoms with van der Waals surface area (Å²) in [5.41, 5.74) is 0.531. The lowest BCUT2D eigenvalue weighted by Crippen LogP contribution is -2.52. The second-order valence-electron chi connectivity index (χ2n) is 8.99. The molecule has 0 aromatic heterocycles. The van der Waals surface area contributed by atoms with E-state index in [-0.39, 0.29) is 5.78 Å². The van der Waals surface area contributed by atoms with Crippen molar-refractivity contribution in [2.45, 2.75) is 30.8 Å². The van der Waals surface area contributed by atoms with Crippen molar-refractivity contribution in [1.82, 2.24) is 0 Å². The molecule has 0 aliphatic carbocycles. The van der Waals surface area contributed by atoms with Crippen molar-refractivity contribution in [2.24, 2.45) is 0 Å². The van der Waals surface area contributed by atoms with Gasteiger partial charge in [0.15, 0.2) is 5.78 Å². The summed E-state index contributed by atoms with van der Waals surface area (Å²) in [5.74, 6) is -0.994. The molecule has 0 spiro atoms. The molecule has 0 heterocycles. The van der Waals surface area contributed by atoms with Crippen molar-refractivity contribution in [3.63, 3.8) is 0 Å². The molecule has 0 amide bonds. The van der Waals surface area contributed by atoms with Gasteiger partial charge >= 0.3 is 0 Å². The van der Waals surface area contributed by atoms with E-state index in [1.807, 2.05) is 117 Å². The van der Waals surface area contributed by atoms with Gasteiger partial charge in [-0.1, -0.05) is 131 Å². The normalized spacial score (nSPS) is 14.3. The van der Waals surface area contributed by atoms with Crippen LogP contribution < -0.4 is 0 Å². The molecule has 4 rings (SSSR count). The summed E-state index contributed by atoms with van der Waals surface area (Å²) in [7, 11) is 0. The Labute approximate surface area is 217 Å². The Bertz CT molecular complexity index is 1290. The number of hydrogen-bond acceptors (Lipinski definition) is 2. The first kappa shape index (κ1) is 24.6. The van der Waals surface area contributed by atoms with E-state index in [1.54, 1.807) is 6.07 Å². The second kappa shape index (κ2) is 9.99. The minimum absolute atomic E-state index is 0.140. The number of ketones is 1. The van der Waals surface area contributed by atoms with Crippen LogP contribution in [0.2, 0.25) is 0 Å². The maximum atomic E-state index is 14.3. The van der Waals surface area contributed by atoms with E-state index >= 15 is 0 Å². The van der Waals surface area contributed by atoms with Crippen LogP contribution in [0.5, 0.6) is 0 Å². The third-order valence-corrected chi connectivity index (χ3v) is 7.62. The lowest BCUT2D eigenvalue weighted by atomic mass is 9.58. The van der Waals surface area contributed by atoms with E-state index in [9.17, 15) is 9.90 Å². The fraction of sp³-hybridized carbons (Fsp3) is 0.167. The maximum Gasteiger partial charge on any atom is 0.173 e. The van der Waals surface area contributed by atoms with Crippen LogP contribution in [-0.4, -0.2) is 10.9 Å². The fourth-order valence-electron chi connectivity index (χ4n) is 4.72. The quantitative estimate of drug-likeness (QED) is 0.226. The summed E-state index contributed by atoms with van der Waals surface area (Å²) >= 11 is 7.07. The van der Waals surface area contributed by atoms with Crippen molar-refractivity contribution in [1.29, 1.82) is 0 Å². The van der Waals surface area contributed by atoms with Gasteiger partial charge in [0.1, 0.15) is 5.60 Å². The van der Waals surface area contributed by atoms with Gasteiger partial charge in [-0.3, -0.25) is 4.79 Å². The summed E-state index contributed by atoms with van der Waals surface area (Å²) < 4.78 is 1.66. The zero-order valence-electron chi connectivity index (χ0n) is 19.1. The van der Waals surface area contributed by atoms with Crippen molar-refractivity contribution in [2.75, 3.05) is 0 Å². The second-order valence-corrected chi connectivity index (χ2v) is 10.8. The van der Waals surface area contributed by atoms with Gasteiger partial charge in [-0.25, -0.2) is 0 Å². The predicted octanol–water partition coefficient (Wildman–Crippen LogP) is 8.04. The standard InChI is InChI=1S/C30H26Br2O2/c1-29(2,23-14-7-4-8-15-23)30(34,24-16-10-18-26(32)20-24)27(21-11-5-3-6-12-21)28(33)22-13-9-17-25(31)19-22/h3-20,27,34H,1-2H3. The minimum Gasteiger partial charge on any atom is -0.383 e. The largest absolute Gasteiger partial charge is 0.383 e. The number of halogens is 2. The minimum atomic E-state index is -1.57. The SMILES string of the molecule is CC(C)(c1ccccc1)C(O)(c1cccc(Br)c1)C(C(=O)c1cccc(Br)c1)c1ccccc1. The highest BCUT2D eigenvalue weighted by Gasteiger charge is 2.54. The van der Waals surface area contributed by atoms with Crippen molar-refractivity contribution < 1.29 is 9.90 Å². The molecule has 0 radical (unpaired) electrons. The van der Waals surface area contributed by atoms with E-state index in [4.69, 9.17) is 0 Å². The smallest absolute Gasteiger partial charge is 0.173 e. The molecule has 1 N–H and O–H groups in total. The molecule has 0 bridgehead atoms. The average Bonchev–Trinajstić information content (AvgIpc) is 2.85. The molecule has 0 fully saturated rings. The lowest BCUT2D eigenvalue weighted by Gasteiger charge is -2.48. The molecule has 2 nitrogen and oxygen atoms in total. The van der Waals surface area contributed by atoms with Crippen LogP contribution >= 0.6 is 31.9 Å². The Balaban J connectivity index is 2.04. The molecule has 2 atom stereocenters. The lowest BCUT2D eigenvalue weighted by molar-refractivity contribution is -0.0491. The van der Waals surface area contributed by atoms with Crippen LogP contribution in [0, 0.1) is 0 Å². The van der Waals surface area contributed by atoms with E-state index in [0.29, 0.717) is 11.1 Å². The molecule has 172 valence electrons. The van der Waals surface area contributed by atoms with Gasteiger partial charge in [0, 0.05) is 19.9 Å². The average molecular weight is 578 g/mol. The molecule has 0 aliphatic rings. The fourth-order valence-corrected chi connectivity index (χ4v) is 5.52. The van der Waals surface area contributed by atoms with Crippen LogP contribution in [0.1, 0.15) is 46.8 Å². The molecule has 0 saturated carbocycles. The summed E-state index contributed by atoms with van der Waals surface area (Å²) in [4.78, 5) is 14.3. The van der Waals surface area contributed by atoms with Gasteiger partial charge < -0.3 is 5.11 Å². The van der Waals surface area contributed by atoms with Gasteiger partial charge in [0.25, 0.3) is 0 Å². The third kappa shape index (κ3) is 4.55. The summed E-state index contributed by atoms with van der Waals surface area (Å²) in [6, 6.07) is 34.5. The Morgan fingerprint density at radius 2 is 1.24 bits per heavy atom. The van der Waals surface area contributed by atoms with Crippen molar-refractivity contribution >= 4 is 37.6 Å². The molecule has 0 aliphatic heterocycles. The number of aliphatic hydroxyl groups is 1. The first-order valence-electron chi connectivity index (χ1n) is 11.1. The third-order valence-electron chi connectivity index (χ3n) is 6.64. The highest BCUT2D eigenvalue weighted by atomic mass is 79.9. The Morgan fingerprint density at radius 1 is 0.706 bits per heavy atom. The zero-order valence-corrected chi connectivity index (χ0v) is 22.3. The van der Waals surface area contributed by atoms with E-state index in [2.05, 4.69) is 31.9 Å². The van der Waals surface area contributed by atoms with Gasteiger partial charge in [0.2, 0.25) is 0 Å². The van der Waals surface area contributed by atoms with E-state index in [0.717, 1.165) is 20.1 Å². The Hall–Kier alpha value is -2.53. The predicted molar refractivity (Wildman–Crippen MR) is 145 cm³/mol. The van der Waals surface area contributed by atoms with Crippen molar-refractivity contribution in [3.05, 3.63) is 140 Å². The highest BCUT2D eigenvalue weighted by Crippen LogP contribution is 2.52. The number of benzene rings is 4. The molecule has 4 aromatic carbocycles. The van der Waals surface area contributed by atoms with E-state index < -0.39 is 16.9 Å². The Kier molecular flexibility index (Phi) is 7.22. The number of Topliss-reactive ketones (excluding diaryl/α,β-unsaturated/α-hetero) is 1. The van der Waals surface area contributed by atoms with Crippen LogP contribution in [0.25, 0.3) is 0 Å². The zero-order chi connectivity index (χ0) is 24.3. The van der Waals surface area contributed by atoms with Crippen LogP contribution in [-0.2, 0) is 11.0 Å². The monoisotopic (exact) mass is 576 g/mol. The van der Waals surface area contributed by atoms with Crippen LogP contribution in [0.3, 0.4) is 0 Å². The molecule has 4 heteroatoms. The number of carbonyl (C=O) groups excluding carboxylic acids is 1. The first-order chi connectivity index (χ1) is 16.2. The molecule has 0 saturated heterocycles. The van der Waals surface area contributed by atoms with Crippen LogP contribution in [0.15, 0.2) is 118 Å². The Morgan fingerprint density at radius 3 is 1.82 bits per heavy atom. The van der Waals surface area contributed by atoms with Gasteiger partial charge in [-0.15, -0.1) is 0 Å². The summed E-state index contributed by atoms with van der Waals surface area (Å²) in [5, 5.41) is 12.9. The topological polar surface area (TPSA) is 37.3 Å². The van der Waals surface area contributed by atoms with Gasteiger partial charge in [-0.2, -0.15) is 0 Å². The molecular weight excluding hydrogens is 552 g/mol. The number of rotatable bonds is 7. The first-order valence-corrected chi connectivity index (χ1v) is 12.7. The molecule has 2 unspecified atom stereocenters.